The van der Waals surface area contributed by atoms with Crippen LogP contribution in [0.25, 0.3) is 0 Å². The zero-order chi connectivity index (χ0) is 21.5. The fourth-order valence-electron chi connectivity index (χ4n) is 2.48. The molecule has 0 heterocycles. The first kappa shape index (κ1) is 20.8. The Morgan fingerprint density at radius 3 is 2.67 bits per heavy atom. The highest BCUT2D eigenvalue weighted by atomic mass is 35.5. The fraction of sp³-hybridized carbons (Fsp3) is 0.0476. The normalized spacial score (nSPS) is 10.7. The Morgan fingerprint density at radius 2 is 1.93 bits per heavy atom. The van der Waals surface area contributed by atoms with Gasteiger partial charge in [-0.15, -0.1) is 0 Å². The first-order valence-electron chi connectivity index (χ1n) is 8.70. The molecule has 0 fully saturated rings. The Labute approximate surface area is 176 Å². The van der Waals surface area contributed by atoms with Crippen LogP contribution in [0.4, 0.5) is 5.69 Å². The second-order valence-corrected chi connectivity index (χ2v) is 6.58. The number of hydrogen-bond donors (Lipinski definition) is 2. The molecule has 3 aromatic rings. The van der Waals surface area contributed by atoms with E-state index >= 15 is 0 Å². The molecule has 3 rings (SSSR count). The van der Waals surface area contributed by atoms with Crippen LogP contribution in [0.5, 0.6) is 11.5 Å². The Balaban J connectivity index is 1.62. The maximum atomic E-state index is 12.1. The summed E-state index contributed by atoms with van der Waals surface area (Å²) in [5.74, 6) is -0.551. The zero-order valence-corrected chi connectivity index (χ0v) is 16.2. The number of benzene rings is 3. The Kier molecular flexibility index (Phi) is 6.61. The van der Waals surface area contributed by atoms with Crippen LogP contribution in [0.2, 0.25) is 5.02 Å². The van der Waals surface area contributed by atoms with E-state index in [9.17, 15) is 20.0 Å². The van der Waals surface area contributed by atoms with Crippen LogP contribution in [0.3, 0.4) is 0 Å². The fourth-order valence-corrected chi connectivity index (χ4v) is 2.60. The van der Waals surface area contributed by atoms with Crippen LogP contribution in [-0.4, -0.2) is 22.2 Å². The summed E-state index contributed by atoms with van der Waals surface area (Å²) in [4.78, 5) is 22.3. The molecule has 0 atom stereocenters. The smallest absolute Gasteiger partial charge is 0.275 e. The van der Waals surface area contributed by atoms with Crippen molar-refractivity contribution in [3.05, 3.63) is 98.6 Å². The van der Waals surface area contributed by atoms with Gasteiger partial charge < -0.3 is 9.84 Å². The summed E-state index contributed by atoms with van der Waals surface area (Å²) in [5.41, 5.74) is 3.29. The molecule has 1 amide bonds. The largest absolute Gasteiger partial charge is 0.507 e. The number of hydrazone groups is 1. The predicted octanol–water partition coefficient (Wildman–Crippen LogP) is 4.30. The number of nitrogens with one attached hydrogen (secondary N) is 1. The van der Waals surface area contributed by atoms with E-state index in [1.165, 1.54) is 6.21 Å². The van der Waals surface area contributed by atoms with Crippen molar-refractivity contribution in [2.45, 2.75) is 6.61 Å². The third-order valence-electron chi connectivity index (χ3n) is 3.99. The molecule has 0 spiro atoms. The molecule has 3 aromatic carbocycles. The Bertz CT molecular complexity index is 1100. The monoisotopic (exact) mass is 425 g/mol. The Morgan fingerprint density at radius 1 is 1.17 bits per heavy atom. The molecule has 0 radical (unpaired) electrons. The van der Waals surface area contributed by atoms with E-state index in [0.717, 1.165) is 23.8 Å². The lowest BCUT2D eigenvalue weighted by Crippen LogP contribution is -2.18. The average Bonchev–Trinajstić information content (AvgIpc) is 2.73. The van der Waals surface area contributed by atoms with E-state index in [1.54, 1.807) is 36.4 Å². The van der Waals surface area contributed by atoms with Gasteiger partial charge in [-0.25, -0.2) is 5.43 Å². The molecule has 0 aromatic heterocycles. The van der Waals surface area contributed by atoms with E-state index in [4.69, 9.17) is 16.3 Å². The van der Waals surface area contributed by atoms with Crippen molar-refractivity contribution in [2.75, 3.05) is 0 Å². The molecule has 0 saturated heterocycles. The molecule has 0 aliphatic carbocycles. The first-order valence-corrected chi connectivity index (χ1v) is 9.08. The van der Waals surface area contributed by atoms with Crippen LogP contribution in [0.15, 0.2) is 71.8 Å². The number of carbonyl (C=O) groups excluding carboxylic acids is 1. The molecule has 0 bridgehead atoms. The number of phenolic OH excluding ortho intramolecular Hbond substituents is 1. The van der Waals surface area contributed by atoms with Gasteiger partial charge in [0.15, 0.2) is 0 Å². The van der Waals surface area contributed by atoms with Gasteiger partial charge in [-0.05, 0) is 41.5 Å². The van der Waals surface area contributed by atoms with Crippen LogP contribution in [0.1, 0.15) is 21.5 Å². The number of nitrogens with zero attached hydrogens (tertiary/aromatic N) is 2. The summed E-state index contributed by atoms with van der Waals surface area (Å²) in [7, 11) is 0. The SMILES string of the molecule is O=C(N/N=C/c1cccc(OCc2ccc(Cl)cc2)c1)c1cc([N+](=O)[O-])ccc1O. The van der Waals surface area contributed by atoms with Crippen molar-refractivity contribution in [1.29, 1.82) is 0 Å². The number of ether oxygens (including phenoxy) is 1. The van der Waals surface area contributed by atoms with Gasteiger partial charge in [-0.3, -0.25) is 14.9 Å². The zero-order valence-electron chi connectivity index (χ0n) is 15.5. The standard InChI is InChI=1S/C21H16ClN3O5/c22-16-6-4-14(5-7-16)13-30-18-3-1-2-15(10-18)12-23-24-21(27)19-11-17(25(28)29)8-9-20(19)26/h1-12,26H,13H2,(H,24,27)/b23-12+. The summed E-state index contributed by atoms with van der Waals surface area (Å²) in [6, 6.07) is 17.5. The summed E-state index contributed by atoms with van der Waals surface area (Å²) in [6.07, 6.45) is 1.39. The molecule has 8 nitrogen and oxygen atoms in total. The lowest BCUT2D eigenvalue weighted by atomic mass is 10.1. The van der Waals surface area contributed by atoms with E-state index in [0.29, 0.717) is 22.9 Å². The summed E-state index contributed by atoms with van der Waals surface area (Å²) >= 11 is 5.86. The summed E-state index contributed by atoms with van der Waals surface area (Å²) < 4.78 is 5.73. The first-order chi connectivity index (χ1) is 14.4. The number of hydrogen-bond acceptors (Lipinski definition) is 6. The van der Waals surface area contributed by atoms with Gasteiger partial charge in [0.05, 0.1) is 16.7 Å². The third-order valence-corrected chi connectivity index (χ3v) is 4.24. The van der Waals surface area contributed by atoms with Crippen molar-refractivity contribution in [3.8, 4) is 11.5 Å². The highest BCUT2D eigenvalue weighted by molar-refractivity contribution is 6.30. The second kappa shape index (κ2) is 9.53. The molecule has 30 heavy (non-hydrogen) atoms. The highest BCUT2D eigenvalue weighted by Gasteiger charge is 2.16. The molecular weight excluding hydrogens is 410 g/mol. The summed E-state index contributed by atoms with van der Waals surface area (Å²) in [6.45, 7) is 0.362. The number of phenols is 1. The van der Waals surface area contributed by atoms with Gasteiger partial charge in [-0.2, -0.15) is 5.10 Å². The van der Waals surface area contributed by atoms with Gasteiger partial charge in [0, 0.05) is 17.2 Å². The number of halogens is 1. The minimum absolute atomic E-state index is 0.249. The van der Waals surface area contributed by atoms with Gasteiger partial charge in [0.1, 0.15) is 18.1 Å². The molecular formula is C21H16ClN3O5. The van der Waals surface area contributed by atoms with E-state index < -0.39 is 10.8 Å². The Hall–Kier alpha value is -3.91. The van der Waals surface area contributed by atoms with E-state index in [-0.39, 0.29) is 17.0 Å². The minimum atomic E-state index is -0.775. The highest BCUT2D eigenvalue weighted by Crippen LogP contribution is 2.22. The van der Waals surface area contributed by atoms with Gasteiger partial charge in [0.25, 0.3) is 11.6 Å². The number of nitro groups is 1. The number of carbonyl (C=O) groups is 1. The number of non-ortho nitro benzene ring substituents is 1. The molecule has 152 valence electrons. The van der Waals surface area contributed by atoms with Crippen LogP contribution in [-0.2, 0) is 6.61 Å². The predicted molar refractivity (Wildman–Crippen MR) is 112 cm³/mol. The van der Waals surface area contributed by atoms with Crippen molar-refractivity contribution in [3.63, 3.8) is 0 Å². The summed E-state index contributed by atoms with van der Waals surface area (Å²) in [5, 5.41) is 25.0. The topological polar surface area (TPSA) is 114 Å². The van der Waals surface area contributed by atoms with Crippen LogP contribution >= 0.6 is 11.6 Å². The maximum absolute atomic E-state index is 12.1. The van der Waals surface area contributed by atoms with Gasteiger partial charge in [-0.1, -0.05) is 35.9 Å². The third kappa shape index (κ3) is 5.55. The van der Waals surface area contributed by atoms with Crippen LogP contribution < -0.4 is 10.2 Å². The second-order valence-electron chi connectivity index (χ2n) is 6.15. The number of nitro benzene ring substituents is 1. The lowest BCUT2D eigenvalue weighted by Gasteiger charge is -2.07. The number of aromatic hydroxyl groups is 1. The molecule has 0 aliphatic heterocycles. The van der Waals surface area contributed by atoms with Gasteiger partial charge in [0.2, 0.25) is 0 Å². The molecule has 0 aliphatic rings. The lowest BCUT2D eigenvalue weighted by molar-refractivity contribution is -0.384. The maximum Gasteiger partial charge on any atom is 0.275 e. The minimum Gasteiger partial charge on any atom is -0.507 e. The van der Waals surface area contributed by atoms with Gasteiger partial charge >= 0.3 is 0 Å². The van der Waals surface area contributed by atoms with Crippen molar-refractivity contribution in [1.82, 2.24) is 5.43 Å². The van der Waals surface area contributed by atoms with E-state index in [2.05, 4.69) is 10.5 Å². The molecule has 0 unspecified atom stereocenters. The molecule has 9 heteroatoms. The number of rotatable bonds is 7. The quantitative estimate of drug-likeness (QED) is 0.333. The van der Waals surface area contributed by atoms with Crippen molar-refractivity contribution >= 4 is 29.4 Å². The average molecular weight is 426 g/mol. The van der Waals surface area contributed by atoms with Crippen molar-refractivity contribution in [2.24, 2.45) is 5.10 Å². The molecule has 2 N–H and O–H groups in total. The van der Waals surface area contributed by atoms with E-state index in [1.807, 2.05) is 12.1 Å². The number of amides is 1. The molecule has 0 saturated carbocycles. The van der Waals surface area contributed by atoms with Crippen LogP contribution in [0, 0.1) is 10.1 Å². The van der Waals surface area contributed by atoms with Crippen molar-refractivity contribution < 1.29 is 19.6 Å².